The Labute approximate surface area is 131 Å². The second-order valence-corrected chi connectivity index (χ2v) is 5.86. The smallest absolute Gasteiger partial charge is 0.234 e. The molecule has 0 aromatic heterocycles. The van der Waals surface area contributed by atoms with Crippen LogP contribution in [0, 0.1) is 0 Å². The Hall–Kier alpha value is -2.53. The zero-order valence-electron chi connectivity index (χ0n) is 11.4. The summed E-state index contributed by atoms with van der Waals surface area (Å²) in [5.74, 6) is -1.04. The summed E-state index contributed by atoms with van der Waals surface area (Å²) in [7, 11) is 0. The molecule has 4 nitrogen and oxygen atoms in total. The minimum atomic E-state index is -0.664. The van der Waals surface area contributed by atoms with Gasteiger partial charge in [0.05, 0.1) is 5.57 Å². The molecule has 0 heterocycles. The first-order chi connectivity index (χ1) is 10.6. The van der Waals surface area contributed by atoms with Crippen molar-refractivity contribution in [2.45, 2.75) is 4.90 Å². The number of rotatable bonds is 3. The molecule has 0 amide bonds. The largest absolute Gasteiger partial charge is 0.508 e. The fourth-order valence-electron chi connectivity index (χ4n) is 2.25. The Kier molecular flexibility index (Phi) is 3.73. The van der Waals surface area contributed by atoms with E-state index in [1.807, 2.05) is 0 Å². The van der Waals surface area contributed by atoms with Crippen molar-refractivity contribution < 1.29 is 19.8 Å². The quantitative estimate of drug-likeness (QED) is 0.672. The van der Waals surface area contributed by atoms with E-state index in [2.05, 4.69) is 0 Å². The maximum absolute atomic E-state index is 12.2. The third-order valence-electron chi connectivity index (χ3n) is 3.41. The highest BCUT2D eigenvalue weighted by Crippen LogP contribution is 2.31. The SMILES string of the molecule is O=C1C(=O)c2ccccc2C(O)=C1CSc1ccc(O)cc1. The molecule has 5 heteroatoms. The fourth-order valence-corrected chi connectivity index (χ4v) is 3.16. The van der Waals surface area contributed by atoms with Gasteiger partial charge in [0.25, 0.3) is 0 Å². The number of ketones is 2. The summed E-state index contributed by atoms with van der Waals surface area (Å²) in [6, 6.07) is 13.0. The number of carbonyl (C=O) groups excluding carboxylic acids is 2. The van der Waals surface area contributed by atoms with Crippen LogP contribution in [0.1, 0.15) is 15.9 Å². The monoisotopic (exact) mass is 312 g/mol. The van der Waals surface area contributed by atoms with E-state index in [-0.39, 0.29) is 28.4 Å². The molecule has 3 rings (SSSR count). The van der Waals surface area contributed by atoms with Crippen LogP contribution in [-0.2, 0) is 4.79 Å². The van der Waals surface area contributed by atoms with Gasteiger partial charge >= 0.3 is 0 Å². The van der Waals surface area contributed by atoms with Gasteiger partial charge in [0.2, 0.25) is 11.6 Å². The van der Waals surface area contributed by atoms with Crippen LogP contribution in [0.4, 0.5) is 0 Å². The van der Waals surface area contributed by atoms with E-state index in [0.29, 0.717) is 5.56 Å². The standard InChI is InChI=1S/C17H12O4S/c18-10-5-7-11(8-6-10)22-9-14-15(19)12-3-1-2-4-13(12)16(20)17(14)21/h1-8,18-19H,9H2. The predicted molar refractivity (Wildman–Crippen MR) is 84.2 cm³/mol. The summed E-state index contributed by atoms with van der Waals surface area (Å²) in [6.45, 7) is 0. The molecule has 0 spiro atoms. The third kappa shape index (κ3) is 2.51. The van der Waals surface area contributed by atoms with Crippen molar-refractivity contribution in [3.05, 3.63) is 65.2 Å². The molecule has 2 aromatic carbocycles. The van der Waals surface area contributed by atoms with E-state index in [1.54, 1.807) is 42.5 Å². The highest BCUT2D eigenvalue weighted by molar-refractivity contribution is 7.99. The second-order valence-electron chi connectivity index (χ2n) is 4.81. The Morgan fingerprint density at radius 1 is 0.818 bits per heavy atom. The van der Waals surface area contributed by atoms with Crippen molar-refractivity contribution in [2.24, 2.45) is 0 Å². The molecule has 0 bridgehead atoms. The van der Waals surface area contributed by atoms with Crippen LogP contribution >= 0.6 is 11.8 Å². The molecule has 1 aliphatic rings. The third-order valence-corrected chi connectivity index (χ3v) is 4.45. The van der Waals surface area contributed by atoms with Crippen molar-refractivity contribution >= 4 is 29.1 Å². The van der Waals surface area contributed by atoms with E-state index < -0.39 is 11.6 Å². The lowest BCUT2D eigenvalue weighted by atomic mass is 9.89. The highest BCUT2D eigenvalue weighted by atomic mass is 32.2. The minimum absolute atomic E-state index is 0.113. The van der Waals surface area contributed by atoms with Gasteiger partial charge in [-0.1, -0.05) is 24.3 Å². The van der Waals surface area contributed by atoms with Gasteiger partial charge in [-0.2, -0.15) is 0 Å². The molecule has 0 saturated heterocycles. The Bertz CT molecular complexity index is 791. The number of phenolic OH excluding ortho intramolecular Hbond substituents is 1. The molecule has 0 fully saturated rings. The first kappa shape index (κ1) is 14.4. The minimum Gasteiger partial charge on any atom is -0.508 e. The van der Waals surface area contributed by atoms with E-state index in [9.17, 15) is 19.8 Å². The molecule has 22 heavy (non-hydrogen) atoms. The first-order valence-electron chi connectivity index (χ1n) is 6.60. The Morgan fingerprint density at radius 3 is 2.14 bits per heavy atom. The average Bonchev–Trinajstić information content (AvgIpc) is 2.54. The molecular weight excluding hydrogens is 300 g/mol. The lowest BCUT2D eigenvalue weighted by Crippen LogP contribution is -2.25. The summed E-state index contributed by atoms with van der Waals surface area (Å²) >= 11 is 1.32. The highest BCUT2D eigenvalue weighted by Gasteiger charge is 2.32. The lowest BCUT2D eigenvalue weighted by molar-refractivity contribution is -0.111. The van der Waals surface area contributed by atoms with Gasteiger partial charge in [-0.25, -0.2) is 0 Å². The number of aliphatic hydroxyl groups is 1. The molecule has 1 aliphatic carbocycles. The molecule has 0 saturated carbocycles. The van der Waals surface area contributed by atoms with Crippen LogP contribution in [0.2, 0.25) is 0 Å². The topological polar surface area (TPSA) is 74.6 Å². The van der Waals surface area contributed by atoms with E-state index in [0.717, 1.165) is 4.90 Å². The average molecular weight is 312 g/mol. The predicted octanol–water partition coefficient (Wildman–Crippen LogP) is 3.22. The molecule has 0 atom stereocenters. The second kappa shape index (κ2) is 5.69. The van der Waals surface area contributed by atoms with Crippen molar-refractivity contribution in [2.75, 3.05) is 5.75 Å². The van der Waals surface area contributed by atoms with Crippen molar-refractivity contribution in [1.29, 1.82) is 0 Å². The fraction of sp³-hybridized carbons (Fsp3) is 0.0588. The van der Waals surface area contributed by atoms with Gasteiger partial charge in [0.1, 0.15) is 11.5 Å². The van der Waals surface area contributed by atoms with Gasteiger partial charge in [0, 0.05) is 21.8 Å². The number of benzene rings is 2. The number of carbonyl (C=O) groups is 2. The van der Waals surface area contributed by atoms with Crippen LogP contribution in [0.3, 0.4) is 0 Å². The number of fused-ring (bicyclic) bond motifs is 1. The number of hydrogen-bond acceptors (Lipinski definition) is 5. The van der Waals surface area contributed by atoms with Gasteiger partial charge in [-0.05, 0) is 24.3 Å². The summed E-state index contributed by atoms with van der Waals surface area (Å²) in [5.41, 5.74) is 0.749. The summed E-state index contributed by atoms with van der Waals surface area (Å²) in [6.07, 6.45) is 0. The molecule has 2 aromatic rings. The maximum Gasteiger partial charge on any atom is 0.234 e. The molecule has 0 aliphatic heterocycles. The van der Waals surface area contributed by atoms with Crippen LogP contribution in [0.5, 0.6) is 5.75 Å². The van der Waals surface area contributed by atoms with Crippen LogP contribution < -0.4 is 0 Å². The van der Waals surface area contributed by atoms with Gasteiger partial charge in [-0.3, -0.25) is 9.59 Å². The Morgan fingerprint density at radius 2 is 1.45 bits per heavy atom. The molecule has 0 unspecified atom stereocenters. The first-order valence-corrected chi connectivity index (χ1v) is 7.59. The number of aromatic hydroxyl groups is 1. The lowest BCUT2D eigenvalue weighted by Gasteiger charge is -2.17. The van der Waals surface area contributed by atoms with Gasteiger partial charge in [0.15, 0.2) is 0 Å². The van der Waals surface area contributed by atoms with Crippen molar-refractivity contribution in [3.8, 4) is 5.75 Å². The van der Waals surface area contributed by atoms with Crippen molar-refractivity contribution in [1.82, 2.24) is 0 Å². The van der Waals surface area contributed by atoms with Crippen LogP contribution in [-0.4, -0.2) is 27.5 Å². The zero-order valence-corrected chi connectivity index (χ0v) is 12.3. The summed E-state index contributed by atoms with van der Waals surface area (Å²) in [4.78, 5) is 25.1. The van der Waals surface area contributed by atoms with Gasteiger partial charge in [-0.15, -0.1) is 11.8 Å². The van der Waals surface area contributed by atoms with E-state index in [4.69, 9.17) is 0 Å². The maximum atomic E-state index is 12.2. The van der Waals surface area contributed by atoms with Crippen LogP contribution in [0.25, 0.3) is 5.76 Å². The van der Waals surface area contributed by atoms with E-state index in [1.165, 1.54) is 17.8 Å². The van der Waals surface area contributed by atoms with Crippen molar-refractivity contribution in [3.63, 3.8) is 0 Å². The molecular formula is C17H12O4S. The van der Waals surface area contributed by atoms with Gasteiger partial charge < -0.3 is 10.2 Å². The molecule has 110 valence electrons. The molecule has 2 N–H and O–H groups in total. The summed E-state index contributed by atoms with van der Waals surface area (Å²) in [5, 5.41) is 19.5. The molecule has 0 radical (unpaired) electrons. The zero-order chi connectivity index (χ0) is 15.7. The summed E-state index contributed by atoms with van der Waals surface area (Å²) < 4.78 is 0. The number of phenols is 1. The number of Topliss-reactive ketones (excluding diaryl/α,β-unsaturated/α-hetero) is 2. The number of aliphatic hydroxyl groups excluding tert-OH is 1. The normalized spacial score (nSPS) is 14.2. The van der Waals surface area contributed by atoms with Crippen LogP contribution in [0.15, 0.2) is 59.0 Å². The Balaban J connectivity index is 1.91. The number of thioether (sulfide) groups is 1. The van der Waals surface area contributed by atoms with E-state index >= 15 is 0 Å². The number of hydrogen-bond donors (Lipinski definition) is 2.